The van der Waals surface area contributed by atoms with Crippen LogP contribution in [0.4, 0.5) is 10.5 Å². The molecule has 2 N–H and O–H groups in total. The van der Waals surface area contributed by atoms with Crippen LogP contribution in [0.5, 0.6) is 0 Å². The Hall–Kier alpha value is -2.38. The van der Waals surface area contributed by atoms with Crippen LogP contribution in [0.2, 0.25) is 0 Å². The average molecular weight is 387 g/mol. The molecule has 1 aliphatic rings. The van der Waals surface area contributed by atoms with Gasteiger partial charge in [-0.2, -0.15) is 0 Å². The molecule has 1 fully saturated rings. The lowest BCUT2D eigenvalue weighted by Gasteiger charge is -2.34. The van der Waals surface area contributed by atoms with Gasteiger partial charge in [0.25, 0.3) is 0 Å². The molecule has 1 aromatic heterocycles. The van der Waals surface area contributed by atoms with Crippen molar-refractivity contribution in [3.63, 3.8) is 0 Å². The lowest BCUT2D eigenvalue weighted by molar-refractivity contribution is -0.114. The number of hydrogen-bond acceptors (Lipinski definition) is 4. The van der Waals surface area contributed by atoms with E-state index in [0.717, 1.165) is 50.4 Å². The molecular weight excluding hydrogens is 360 g/mol. The van der Waals surface area contributed by atoms with Gasteiger partial charge in [-0.25, -0.2) is 4.79 Å². The Morgan fingerprint density at radius 2 is 1.81 bits per heavy atom. The van der Waals surface area contributed by atoms with Gasteiger partial charge >= 0.3 is 6.03 Å². The Morgan fingerprint density at radius 1 is 1.07 bits per heavy atom. The van der Waals surface area contributed by atoms with E-state index in [2.05, 4.69) is 33.0 Å². The van der Waals surface area contributed by atoms with E-state index in [4.69, 9.17) is 0 Å². The number of anilines is 1. The summed E-state index contributed by atoms with van der Waals surface area (Å²) in [6.07, 6.45) is 0.768. The second kappa shape index (κ2) is 9.53. The van der Waals surface area contributed by atoms with E-state index in [9.17, 15) is 9.59 Å². The van der Waals surface area contributed by atoms with Crippen molar-refractivity contribution in [2.24, 2.45) is 0 Å². The summed E-state index contributed by atoms with van der Waals surface area (Å²) >= 11 is 1.78. The summed E-state index contributed by atoms with van der Waals surface area (Å²) in [5.74, 6) is -0.0782. The van der Waals surface area contributed by atoms with Crippen LogP contribution in [0.1, 0.15) is 17.4 Å². The highest BCUT2D eigenvalue weighted by atomic mass is 32.1. The minimum Gasteiger partial charge on any atom is -0.338 e. The topological polar surface area (TPSA) is 64.7 Å². The van der Waals surface area contributed by atoms with E-state index < -0.39 is 0 Å². The fraction of sp³-hybridized carbons (Fsp3) is 0.400. The number of hydrogen-bond donors (Lipinski definition) is 2. The predicted octanol–water partition coefficient (Wildman–Crippen LogP) is 2.78. The summed E-state index contributed by atoms with van der Waals surface area (Å²) in [5, 5.41) is 7.86. The van der Waals surface area contributed by atoms with Gasteiger partial charge in [-0.1, -0.05) is 18.2 Å². The molecule has 0 saturated carbocycles. The number of benzene rings is 1. The Bertz CT molecular complexity index is 738. The minimum absolute atomic E-state index is 0.0145. The average Bonchev–Trinajstić information content (AvgIpc) is 3.16. The van der Waals surface area contributed by atoms with E-state index in [1.54, 1.807) is 11.3 Å². The number of carbonyl (C=O) groups is 2. The molecule has 0 bridgehead atoms. The normalized spacial score (nSPS) is 14.8. The van der Waals surface area contributed by atoms with E-state index in [1.807, 2.05) is 29.2 Å². The van der Waals surface area contributed by atoms with Crippen molar-refractivity contribution in [2.75, 3.05) is 38.0 Å². The molecule has 6 nitrogen and oxygen atoms in total. The molecule has 2 aromatic rings. The second-order valence-corrected chi connectivity index (χ2v) is 7.73. The van der Waals surface area contributed by atoms with Gasteiger partial charge in [-0.3, -0.25) is 9.69 Å². The zero-order chi connectivity index (χ0) is 19.1. The minimum atomic E-state index is -0.0782. The maximum atomic E-state index is 12.3. The Kier molecular flexibility index (Phi) is 6.84. The van der Waals surface area contributed by atoms with Crippen LogP contribution in [0.3, 0.4) is 0 Å². The fourth-order valence-electron chi connectivity index (χ4n) is 3.12. The summed E-state index contributed by atoms with van der Waals surface area (Å²) in [4.78, 5) is 29.0. The maximum absolute atomic E-state index is 12.3. The maximum Gasteiger partial charge on any atom is 0.317 e. The first kappa shape index (κ1) is 19.4. The van der Waals surface area contributed by atoms with Crippen LogP contribution in [0, 0.1) is 0 Å². The van der Waals surface area contributed by atoms with Crippen molar-refractivity contribution in [3.05, 3.63) is 52.2 Å². The van der Waals surface area contributed by atoms with Crippen molar-refractivity contribution in [3.8, 4) is 0 Å². The first-order valence-electron chi connectivity index (χ1n) is 9.24. The molecule has 27 heavy (non-hydrogen) atoms. The molecule has 0 radical (unpaired) electrons. The fourth-order valence-corrected chi connectivity index (χ4v) is 3.86. The third-order valence-electron chi connectivity index (χ3n) is 4.58. The zero-order valence-electron chi connectivity index (χ0n) is 15.6. The molecule has 0 atom stereocenters. The molecule has 7 heteroatoms. The van der Waals surface area contributed by atoms with Gasteiger partial charge in [0.1, 0.15) is 0 Å². The standard InChI is InChI=1S/C20H26N4O2S/c1-16(25)22-18-6-4-17(5-7-18)8-9-21-20(26)24-12-10-23(11-13-24)15-19-3-2-14-27-19/h2-7,14H,8-13,15H2,1H3,(H,21,26)(H,22,25). The van der Waals surface area contributed by atoms with Gasteiger partial charge in [-0.05, 0) is 35.6 Å². The molecule has 1 saturated heterocycles. The lowest BCUT2D eigenvalue weighted by Crippen LogP contribution is -2.51. The molecule has 0 unspecified atom stereocenters. The van der Waals surface area contributed by atoms with E-state index >= 15 is 0 Å². The van der Waals surface area contributed by atoms with Crippen LogP contribution in [-0.2, 0) is 17.8 Å². The van der Waals surface area contributed by atoms with Crippen molar-refractivity contribution in [1.82, 2.24) is 15.1 Å². The molecule has 2 heterocycles. The highest BCUT2D eigenvalue weighted by Gasteiger charge is 2.20. The molecule has 3 amide bonds. The first-order valence-corrected chi connectivity index (χ1v) is 10.1. The molecule has 1 aromatic carbocycles. The molecule has 0 aliphatic carbocycles. The highest BCUT2D eigenvalue weighted by molar-refractivity contribution is 7.09. The Labute approximate surface area is 164 Å². The van der Waals surface area contributed by atoms with Gasteiger partial charge in [0, 0.05) is 56.8 Å². The van der Waals surface area contributed by atoms with Crippen molar-refractivity contribution >= 4 is 29.0 Å². The monoisotopic (exact) mass is 386 g/mol. The molecule has 3 rings (SSSR count). The zero-order valence-corrected chi connectivity index (χ0v) is 16.4. The number of rotatable bonds is 6. The van der Waals surface area contributed by atoms with Crippen LogP contribution in [0.25, 0.3) is 0 Å². The summed E-state index contributed by atoms with van der Waals surface area (Å²) in [7, 11) is 0. The molecule has 1 aliphatic heterocycles. The van der Waals surface area contributed by atoms with E-state index in [1.165, 1.54) is 11.8 Å². The van der Waals surface area contributed by atoms with Crippen LogP contribution in [0.15, 0.2) is 41.8 Å². The number of nitrogens with zero attached hydrogens (tertiary/aromatic N) is 2. The first-order chi connectivity index (χ1) is 13.1. The number of thiophene rings is 1. The Balaban J connectivity index is 1.35. The SMILES string of the molecule is CC(=O)Nc1ccc(CCNC(=O)N2CCN(Cc3cccs3)CC2)cc1. The predicted molar refractivity (Wildman–Crippen MR) is 109 cm³/mol. The smallest absolute Gasteiger partial charge is 0.317 e. The van der Waals surface area contributed by atoms with E-state index in [0.29, 0.717) is 6.54 Å². The summed E-state index contributed by atoms with van der Waals surface area (Å²) < 4.78 is 0. The molecular formula is C20H26N4O2S. The second-order valence-electron chi connectivity index (χ2n) is 6.70. The van der Waals surface area contributed by atoms with Gasteiger partial charge in [0.2, 0.25) is 5.91 Å². The summed E-state index contributed by atoms with van der Waals surface area (Å²) in [6, 6.07) is 12.0. The number of piperazine rings is 1. The largest absolute Gasteiger partial charge is 0.338 e. The van der Waals surface area contributed by atoms with Crippen molar-refractivity contribution < 1.29 is 9.59 Å². The number of amides is 3. The Morgan fingerprint density at radius 3 is 2.44 bits per heavy atom. The third kappa shape index (κ3) is 6.08. The molecule has 144 valence electrons. The number of urea groups is 1. The summed E-state index contributed by atoms with van der Waals surface area (Å²) in [5.41, 5.74) is 1.92. The number of nitrogens with one attached hydrogen (secondary N) is 2. The highest BCUT2D eigenvalue weighted by Crippen LogP contribution is 2.14. The van der Waals surface area contributed by atoms with Gasteiger partial charge < -0.3 is 15.5 Å². The van der Waals surface area contributed by atoms with Gasteiger partial charge in [0.15, 0.2) is 0 Å². The summed E-state index contributed by atoms with van der Waals surface area (Å²) in [6.45, 7) is 6.43. The van der Waals surface area contributed by atoms with Crippen molar-refractivity contribution in [1.29, 1.82) is 0 Å². The van der Waals surface area contributed by atoms with Gasteiger partial charge in [-0.15, -0.1) is 11.3 Å². The quantitative estimate of drug-likeness (QED) is 0.802. The van der Waals surface area contributed by atoms with Crippen LogP contribution >= 0.6 is 11.3 Å². The van der Waals surface area contributed by atoms with Crippen molar-refractivity contribution in [2.45, 2.75) is 19.9 Å². The number of carbonyl (C=O) groups excluding carboxylic acids is 2. The van der Waals surface area contributed by atoms with Gasteiger partial charge in [0.05, 0.1) is 0 Å². The lowest BCUT2D eigenvalue weighted by atomic mass is 10.1. The molecule has 0 spiro atoms. The third-order valence-corrected chi connectivity index (χ3v) is 5.44. The van der Waals surface area contributed by atoms with E-state index in [-0.39, 0.29) is 11.9 Å². The van der Waals surface area contributed by atoms with Crippen LogP contribution in [-0.4, -0.2) is 54.5 Å². The van der Waals surface area contributed by atoms with Crippen LogP contribution < -0.4 is 10.6 Å².